The van der Waals surface area contributed by atoms with Crippen LogP contribution >= 0.6 is 0 Å². The van der Waals surface area contributed by atoms with Crippen LogP contribution in [0.25, 0.3) is 0 Å². The number of likely N-dealkylation sites (tertiary alicyclic amines) is 1. The minimum Gasteiger partial charge on any atom is -0.342 e. The fraction of sp³-hybridized carbons (Fsp3) is 0.407. The summed E-state index contributed by atoms with van der Waals surface area (Å²) in [4.78, 5) is 42.1. The maximum Gasteiger partial charge on any atom is 0.346 e. The summed E-state index contributed by atoms with van der Waals surface area (Å²) in [6.07, 6.45) is 1.60. The Bertz CT molecular complexity index is 1290. The SMILES string of the molecule is CCn1c(C2CCN(C(=O)C3CC(=O)N(c4ccc(F)cc4)C3)CC2)nn(Cc2ccccc2)c1=O. The topological polar surface area (TPSA) is 80.4 Å². The van der Waals surface area contributed by atoms with Crippen molar-refractivity contribution in [2.24, 2.45) is 5.92 Å². The first kappa shape index (κ1) is 24.0. The number of halogens is 1. The largest absolute Gasteiger partial charge is 0.346 e. The van der Waals surface area contributed by atoms with E-state index in [9.17, 15) is 18.8 Å². The van der Waals surface area contributed by atoms with E-state index < -0.39 is 5.92 Å². The minimum absolute atomic E-state index is 0.0195. The first-order valence-corrected chi connectivity index (χ1v) is 12.5. The fourth-order valence-corrected chi connectivity index (χ4v) is 5.28. The van der Waals surface area contributed by atoms with E-state index in [0.29, 0.717) is 38.4 Å². The summed E-state index contributed by atoms with van der Waals surface area (Å²) >= 11 is 0. The zero-order valence-electron chi connectivity index (χ0n) is 20.3. The number of nitrogens with zero attached hydrogens (tertiary/aromatic N) is 5. The summed E-state index contributed by atoms with van der Waals surface area (Å²) in [6, 6.07) is 15.6. The molecule has 2 aliphatic heterocycles. The van der Waals surface area contributed by atoms with Gasteiger partial charge in [0.25, 0.3) is 0 Å². The Morgan fingerprint density at radius 2 is 1.72 bits per heavy atom. The highest BCUT2D eigenvalue weighted by atomic mass is 19.1. The van der Waals surface area contributed by atoms with Gasteiger partial charge in [0.15, 0.2) is 0 Å². The molecule has 0 spiro atoms. The molecule has 0 bridgehead atoms. The lowest BCUT2D eigenvalue weighted by Crippen LogP contribution is -2.42. The second-order valence-electron chi connectivity index (χ2n) is 9.51. The van der Waals surface area contributed by atoms with Gasteiger partial charge >= 0.3 is 5.69 Å². The maximum atomic E-state index is 13.3. The molecule has 188 valence electrons. The highest BCUT2D eigenvalue weighted by Crippen LogP contribution is 2.30. The third-order valence-electron chi connectivity index (χ3n) is 7.23. The number of carbonyl (C=O) groups is 2. The van der Waals surface area contributed by atoms with Crippen LogP contribution in [0.4, 0.5) is 10.1 Å². The van der Waals surface area contributed by atoms with Crippen LogP contribution in [0.15, 0.2) is 59.4 Å². The average molecular weight is 492 g/mol. The number of hydrogen-bond donors (Lipinski definition) is 0. The number of amides is 2. The van der Waals surface area contributed by atoms with Crippen LogP contribution in [-0.2, 0) is 22.7 Å². The lowest BCUT2D eigenvalue weighted by Gasteiger charge is -2.33. The molecule has 1 aromatic heterocycles. The summed E-state index contributed by atoms with van der Waals surface area (Å²) in [5.41, 5.74) is 1.52. The van der Waals surface area contributed by atoms with Gasteiger partial charge < -0.3 is 9.80 Å². The molecule has 9 heteroatoms. The summed E-state index contributed by atoms with van der Waals surface area (Å²) in [5, 5.41) is 4.69. The molecule has 2 saturated heterocycles. The number of aromatic nitrogens is 3. The molecule has 0 saturated carbocycles. The Morgan fingerprint density at radius 3 is 2.39 bits per heavy atom. The van der Waals surface area contributed by atoms with Crippen LogP contribution in [0.3, 0.4) is 0 Å². The smallest absolute Gasteiger partial charge is 0.342 e. The average Bonchev–Trinajstić information content (AvgIpc) is 3.44. The molecular weight excluding hydrogens is 461 g/mol. The molecule has 0 radical (unpaired) electrons. The van der Waals surface area contributed by atoms with Crippen LogP contribution < -0.4 is 10.6 Å². The Hall–Kier alpha value is -3.75. The van der Waals surface area contributed by atoms with Crippen LogP contribution in [0.1, 0.15) is 43.5 Å². The van der Waals surface area contributed by atoms with Gasteiger partial charge in [0, 0.05) is 44.2 Å². The van der Waals surface area contributed by atoms with Crippen molar-refractivity contribution >= 4 is 17.5 Å². The van der Waals surface area contributed by atoms with Crippen LogP contribution in [0, 0.1) is 11.7 Å². The normalized spacial score (nSPS) is 18.7. The van der Waals surface area contributed by atoms with Crippen LogP contribution in [-0.4, -0.2) is 50.7 Å². The zero-order valence-corrected chi connectivity index (χ0v) is 20.3. The molecule has 2 aromatic carbocycles. The van der Waals surface area contributed by atoms with Crippen molar-refractivity contribution in [3.8, 4) is 0 Å². The molecule has 0 aliphatic carbocycles. The number of hydrogen-bond acceptors (Lipinski definition) is 4. The number of carbonyl (C=O) groups excluding carboxylic acids is 2. The van der Waals surface area contributed by atoms with Crippen molar-refractivity contribution in [2.45, 2.75) is 45.2 Å². The van der Waals surface area contributed by atoms with Crippen molar-refractivity contribution in [3.05, 3.63) is 82.3 Å². The van der Waals surface area contributed by atoms with Crippen molar-refractivity contribution in [2.75, 3.05) is 24.5 Å². The van der Waals surface area contributed by atoms with Gasteiger partial charge in [-0.3, -0.25) is 14.2 Å². The van der Waals surface area contributed by atoms with Gasteiger partial charge in [0.05, 0.1) is 12.5 Å². The Balaban J connectivity index is 1.23. The molecule has 3 heterocycles. The number of benzene rings is 2. The van der Waals surface area contributed by atoms with E-state index in [4.69, 9.17) is 5.10 Å². The molecule has 0 N–H and O–H groups in total. The minimum atomic E-state index is -0.405. The van der Waals surface area contributed by atoms with Gasteiger partial charge in [0.1, 0.15) is 11.6 Å². The van der Waals surface area contributed by atoms with Gasteiger partial charge in [-0.2, -0.15) is 5.10 Å². The molecule has 3 aromatic rings. The van der Waals surface area contributed by atoms with E-state index in [1.165, 1.54) is 16.8 Å². The quantitative estimate of drug-likeness (QED) is 0.531. The number of piperidine rings is 1. The molecule has 8 nitrogen and oxygen atoms in total. The molecule has 36 heavy (non-hydrogen) atoms. The lowest BCUT2D eigenvalue weighted by atomic mass is 9.94. The highest BCUT2D eigenvalue weighted by molar-refractivity contribution is 6.00. The summed E-state index contributed by atoms with van der Waals surface area (Å²) < 4.78 is 16.5. The van der Waals surface area contributed by atoms with E-state index in [2.05, 4.69) is 0 Å². The highest BCUT2D eigenvalue weighted by Gasteiger charge is 2.38. The van der Waals surface area contributed by atoms with Gasteiger partial charge in [-0.25, -0.2) is 13.9 Å². The number of rotatable bonds is 6. The van der Waals surface area contributed by atoms with Gasteiger partial charge in [-0.15, -0.1) is 0 Å². The van der Waals surface area contributed by atoms with E-state index in [1.807, 2.05) is 42.2 Å². The standard InChI is InChI=1S/C27H30FN5O3/c1-2-31-25(29-33(27(31)36)17-19-6-4-3-5-7-19)20-12-14-30(15-13-20)26(35)21-16-24(34)32(18-21)23-10-8-22(28)9-11-23/h3-11,20-21H,2,12-18H2,1H3. The maximum absolute atomic E-state index is 13.3. The van der Waals surface area contributed by atoms with E-state index >= 15 is 0 Å². The van der Waals surface area contributed by atoms with E-state index in [-0.39, 0.29) is 35.7 Å². The van der Waals surface area contributed by atoms with Gasteiger partial charge in [-0.1, -0.05) is 30.3 Å². The molecule has 1 atom stereocenters. The van der Waals surface area contributed by atoms with Crippen LogP contribution in [0.5, 0.6) is 0 Å². The fourth-order valence-electron chi connectivity index (χ4n) is 5.28. The molecular formula is C27H30FN5O3. The summed E-state index contributed by atoms with van der Waals surface area (Å²) in [7, 11) is 0. The van der Waals surface area contributed by atoms with Crippen molar-refractivity contribution < 1.29 is 14.0 Å². The molecule has 2 fully saturated rings. The molecule has 2 aliphatic rings. The Labute approximate surface area is 208 Å². The predicted molar refractivity (Wildman–Crippen MR) is 133 cm³/mol. The van der Waals surface area contributed by atoms with Crippen molar-refractivity contribution in [1.29, 1.82) is 0 Å². The first-order valence-electron chi connectivity index (χ1n) is 12.5. The second-order valence-corrected chi connectivity index (χ2v) is 9.51. The number of anilines is 1. The van der Waals surface area contributed by atoms with E-state index in [1.54, 1.807) is 21.6 Å². The monoisotopic (exact) mass is 491 g/mol. The summed E-state index contributed by atoms with van der Waals surface area (Å²) in [5.74, 6) is -0.0272. The Morgan fingerprint density at radius 1 is 1.03 bits per heavy atom. The lowest BCUT2D eigenvalue weighted by molar-refractivity contribution is -0.136. The van der Waals surface area contributed by atoms with E-state index in [0.717, 1.165) is 24.2 Å². The van der Waals surface area contributed by atoms with Gasteiger partial charge in [-0.05, 0) is 49.6 Å². The third kappa shape index (κ3) is 4.69. The van der Waals surface area contributed by atoms with Crippen molar-refractivity contribution in [1.82, 2.24) is 19.2 Å². The van der Waals surface area contributed by atoms with Gasteiger partial charge in [0.2, 0.25) is 11.8 Å². The second kappa shape index (κ2) is 10.1. The first-order chi connectivity index (χ1) is 17.4. The predicted octanol–water partition coefficient (Wildman–Crippen LogP) is 3.01. The zero-order chi connectivity index (χ0) is 25.2. The van der Waals surface area contributed by atoms with Crippen LogP contribution in [0.2, 0.25) is 0 Å². The summed E-state index contributed by atoms with van der Waals surface area (Å²) in [6.45, 7) is 4.36. The Kier molecular flexibility index (Phi) is 6.71. The van der Waals surface area contributed by atoms with Crippen molar-refractivity contribution in [3.63, 3.8) is 0 Å². The third-order valence-corrected chi connectivity index (χ3v) is 7.23. The molecule has 1 unspecified atom stereocenters. The molecule has 5 rings (SSSR count). The molecule has 2 amide bonds.